The molecule has 0 aromatic heterocycles. The summed E-state index contributed by atoms with van der Waals surface area (Å²) in [5.41, 5.74) is 2.81. The fraction of sp³-hybridized carbons (Fsp3) is 0.714. The molecule has 188 valence electrons. The Balaban J connectivity index is 2.30. The predicted molar refractivity (Wildman–Crippen MR) is 134 cm³/mol. The number of ether oxygens (including phenoxy) is 1. The monoisotopic (exact) mass is 462 g/mol. The Bertz CT molecular complexity index is 656. The van der Waals surface area contributed by atoms with E-state index in [4.69, 9.17) is 14.9 Å². The second kappa shape index (κ2) is 19.4. The zero-order valence-electron chi connectivity index (χ0n) is 20.8. The number of carboxylic acid groups (broad SMARTS) is 2. The normalized spacial score (nSPS) is 10.9. The molecule has 0 saturated heterocycles. The maximum Gasteiger partial charge on any atom is 0.303 e. The summed E-state index contributed by atoms with van der Waals surface area (Å²) in [5, 5.41) is 17.4. The van der Waals surface area contributed by atoms with Crippen LogP contribution in [0.25, 0.3) is 0 Å². The molecule has 0 spiro atoms. The van der Waals surface area contributed by atoms with Crippen LogP contribution >= 0.6 is 0 Å². The van der Waals surface area contributed by atoms with Crippen molar-refractivity contribution in [2.75, 3.05) is 6.61 Å². The standard InChI is InChI=1S/C28H46O5/c1-2-33-26-21-17-19-24(18-13-9-5-3-7-11-15-22-27(29)30)25(26)20-14-10-6-4-8-12-16-23-28(31)32/h17,19,21H,2-16,18,20,22-23H2,1H3,(H,29,30)(H,31,32). The van der Waals surface area contributed by atoms with Gasteiger partial charge in [-0.25, -0.2) is 0 Å². The molecule has 1 rings (SSSR count). The summed E-state index contributed by atoms with van der Waals surface area (Å²) in [6, 6.07) is 6.47. The molecule has 0 radical (unpaired) electrons. The highest BCUT2D eigenvalue weighted by Gasteiger charge is 2.09. The first-order valence-electron chi connectivity index (χ1n) is 13.2. The van der Waals surface area contributed by atoms with Crippen LogP contribution in [0.4, 0.5) is 0 Å². The molecule has 2 N–H and O–H groups in total. The van der Waals surface area contributed by atoms with E-state index in [0.717, 1.165) is 57.1 Å². The number of rotatable bonds is 22. The molecular formula is C28H46O5. The van der Waals surface area contributed by atoms with Gasteiger partial charge in [-0.3, -0.25) is 9.59 Å². The molecule has 33 heavy (non-hydrogen) atoms. The molecule has 0 fully saturated rings. The van der Waals surface area contributed by atoms with Gasteiger partial charge in [0.05, 0.1) is 6.61 Å². The molecule has 5 nitrogen and oxygen atoms in total. The Morgan fingerprint density at radius 1 is 0.667 bits per heavy atom. The summed E-state index contributed by atoms with van der Waals surface area (Å²) in [4.78, 5) is 21.1. The lowest BCUT2D eigenvalue weighted by atomic mass is 9.95. The van der Waals surface area contributed by atoms with E-state index in [2.05, 4.69) is 18.2 Å². The van der Waals surface area contributed by atoms with Crippen molar-refractivity contribution in [2.24, 2.45) is 0 Å². The Kier molecular flexibility index (Phi) is 17.1. The van der Waals surface area contributed by atoms with Crippen LogP contribution in [0.3, 0.4) is 0 Å². The first-order chi connectivity index (χ1) is 16.0. The molecule has 0 aliphatic rings. The highest BCUT2D eigenvalue weighted by Crippen LogP contribution is 2.27. The molecule has 5 heteroatoms. The maximum absolute atomic E-state index is 10.5. The van der Waals surface area contributed by atoms with Crippen LogP contribution in [-0.2, 0) is 22.4 Å². The number of benzene rings is 1. The van der Waals surface area contributed by atoms with Crippen LogP contribution in [0.15, 0.2) is 18.2 Å². The van der Waals surface area contributed by atoms with E-state index < -0.39 is 11.9 Å². The molecule has 0 unspecified atom stereocenters. The number of aliphatic carboxylic acids is 2. The summed E-state index contributed by atoms with van der Waals surface area (Å²) in [6.07, 6.45) is 18.3. The van der Waals surface area contributed by atoms with Gasteiger partial charge in [-0.2, -0.15) is 0 Å². The SMILES string of the molecule is CCOc1cccc(CCCCCCCCCC(=O)O)c1CCCCCCCCCC(=O)O. The number of aryl methyl sites for hydroxylation is 1. The zero-order valence-corrected chi connectivity index (χ0v) is 20.8. The average molecular weight is 463 g/mol. The van der Waals surface area contributed by atoms with Gasteiger partial charge >= 0.3 is 11.9 Å². The third-order valence-electron chi connectivity index (χ3n) is 6.18. The fourth-order valence-electron chi connectivity index (χ4n) is 4.36. The molecule has 0 aliphatic carbocycles. The summed E-state index contributed by atoms with van der Waals surface area (Å²) in [7, 11) is 0. The quantitative estimate of drug-likeness (QED) is 0.173. The highest BCUT2D eigenvalue weighted by molar-refractivity contribution is 5.66. The topological polar surface area (TPSA) is 83.8 Å². The van der Waals surface area contributed by atoms with E-state index in [0.29, 0.717) is 19.4 Å². The summed E-state index contributed by atoms with van der Waals surface area (Å²) in [6.45, 7) is 2.73. The van der Waals surface area contributed by atoms with E-state index >= 15 is 0 Å². The van der Waals surface area contributed by atoms with Crippen molar-refractivity contribution in [3.05, 3.63) is 29.3 Å². The van der Waals surface area contributed by atoms with Crippen molar-refractivity contribution in [2.45, 2.75) is 122 Å². The van der Waals surface area contributed by atoms with Gasteiger partial charge in [0.2, 0.25) is 0 Å². The van der Waals surface area contributed by atoms with E-state index in [1.165, 1.54) is 62.5 Å². The number of unbranched alkanes of at least 4 members (excludes halogenated alkanes) is 12. The van der Waals surface area contributed by atoms with Gasteiger partial charge in [-0.15, -0.1) is 0 Å². The Labute approximate surface area is 200 Å². The fourth-order valence-corrected chi connectivity index (χ4v) is 4.36. The lowest BCUT2D eigenvalue weighted by Gasteiger charge is -2.15. The lowest BCUT2D eigenvalue weighted by Crippen LogP contribution is -2.02. The molecule has 1 aromatic rings. The number of carbonyl (C=O) groups is 2. The Morgan fingerprint density at radius 3 is 1.61 bits per heavy atom. The molecular weight excluding hydrogens is 416 g/mol. The Hall–Kier alpha value is -2.04. The maximum atomic E-state index is 10.5. The average Bonchev–Trinajstić information content (AvgIpc) is 2.77. The number of carboxylic acids is 2. The number of hydrogen-bond donors (Lipinski definition) is 2. The Morgan fingerprint density at radius 2 is 1.12 bits per heavy atom. The third-order valence-corrected chi connectivity index (χ3v) is 6.18. The van der Waals surface area contributed by atoms with Crippen LogP contribution in [0.2, 0.25) is 0 Å². The van der Waals surface area contributed by atoms with E-state index in [9.17, 15) is 9.59 Å². The van der Waals surface area contributed by atoms with Crippen LogP contribution in [0.1, 0.15) is 121 Å². The molecule has 0 atom stereocenters. The van der Waals surface area contributed by atoms with Crippen LogP contribution < -0.4 is 4.74 Å². The summed E-state index contributed by atoms with van der Waals surface area (Å²) in [5.74, 6) is -0.332. The third kappa shape index (κ3) is 15.4. The van der Waals surface area contributed by atoms with E-state index in [-0.39, 0.29) is 0 Å². The van der Waals surface area contributed by atoms with E-state index in [1.807, 2.05) is 6.92 Å². The van der Waals surface area contributed by atoms with Crippen LogP contribution in [0, 0.1) is 0 Å². The van der Waals surface area contributed by atoms with Crippen molar-refractivity contribution in [3.63, 3.8) is 0 Å². The molecule has 0 saturated carbocycles. The van der Waals surface area contributed by atoms with Gasteiger partial charge < -0.3 is 14.9 Å². The number of hydrogen-bond acceptors (Lipinski definition) is 3. The van der Waals surface area contributed by atoms with Crippen molar-refractivity contribution in [3.8, 4) is 5.75 Å². The van der Waals surface area contributed by atoms with Gasteiger partial charge in [0.1, 0.15) is 5.75 Å². The van der Waals surface area contributed by atoms with Crippen molar-refractivity contribution in [1.82, 2.24) is 0 Å². The molecule has 0 heterocycles. The van der Waals surface area contributed by atoms with Gasteiger partial charge in [0, 0.05) is 12.8 Å². The van der Waals surface area contributed by atoms with Crippen molar-refractivity contribution >= 4 is 11.9 Å². The smallest absolute Gasteiger partial charge is 0.303 e. The lowest BCUT2D eigenvalue weighted by molar-refractivity contribution is -0.138. The minimum atomic E-state index is -0.688. The second-order valence-electron chi connectivity index (χ2n) is 9.06. The highest BCUT2D eigenvalue weighted by atomic mass is 16.5. The van der Waals surface area contributed by atoms with Crippen LogP contribution in [-0.4, -0.2) is 28.8 Å². The van der Waals surface area contributed by atoms with E-state index in [1.54, 1.807) is 0 Å². The zero-order chi connectivity index (χ0) is 24.2. The summed E-state index contributed by atoms with van der Waals surface area (Å²) < 4.78 is 5.93. The minimum Gasteiger partial charge on any atom is -0.494 e. The van der Waals surface area contributed by atoms with Crippen molar-refractivity contribution < 1.29 is 24.5 Å². The first-order valence-corrected chi connectivity index (χ1v) is 13.2. The predicted octanol–water partition coefficient (Wildman–Crippen LogP) is 7.58. The minimum absolute atomic E-state index is 0.295. The largest absolute Gasteiger partial charge is 0.494 e. The molecule has 0 aliphatic heterocycles. The van der Waals surface area contributed by atoms with Gasteiger partial charge in [-0.1, -0.05) is 76.3 Å². The van der Waals surface area contributed by atoms with Crippen molar-refractivity contribution in [1.29, 1.82) is 0 Å². The van der Waals surface area contributed by atoms with Gasteiger partial charge in [-0.05, 0) is 62.6 Å². The molecule has 0 amide bonds. The first kappa shape index (κ1) is 29.0. The second-order valence-corrected chi connectivity index (χ2v) is 9.06. The van der Waals surface area contributed by atoms with Gasteiger partial charge in [0.25, 0.3) is 0 Å². The van der Waals surface area contributed by atoms with Crippen LogP contribution in [0.5, 0.6) is 5.75 Å². The molecule has 1 aromatic carbocycles. The van der Waals surface area contributed by atoms with Gasteiger partial charge in [0.15, 0.2) is 0 Å². The molecule has 0 bridgehead atoms. The summed E-state index contributed by atoms with van der Waals surface area (Å²) >= 11 is 0.